The van der Waals surface area contributed by atoms with E-state index in [9.17, 15) is 4.39 Å². The molecule has 1 N–H and O–H groups in total. The van der Waals surface area contributed by atoms with Crippen molar-refractivity contribution in [2.24, 2.45) is 0 Å². The predicted octanol–water partition coefficient (Wildman–Crippen LogP) is 1.88. The molecule has 0 aliphatic carbocycles. The SMILES string of the molecule is CN(c1cnc(CO)cn1)c1ccccc1F. The Balaban J connectivity index is 2.30. The number of anilines is 2. The monoisotopic (exact) mass is 233 g/mol. The largest absolute Gasteiger partial charge is 0.390 e. The van der Waals surface area contributed by atoms with E-state index < -0.39 is 0 Å². The second kappa shape index (κ2) is 4.88. The molecule has 5 heteroatoms. The lowest BCUT2D eigenvalue weighted by atomic mass is 10.3. The Morgan fingerprint density at radius 3 is 2.59 bits per heavy atom. The summed E-state index contributed by atoms with van der Waals surface area (Å²) in [6.45, 7) is -0.156. The topological polar surface area (TPSA) is 49.2 Å². The van der Waals surface area contributed by atoms with Crippen LogP contribution in [0.1, 0.15) is 5.69 Å². The van der Waals surface area contributed by atoms with Gasteiger partial charge in [0.05, 0.1) is 30.4 Å². The van der Waals surface area contributed by atoms with Crippen molar-refractivity contribution in [2.75, 3.05) is 11.9 Å². The first-order valence-corrected chi connectivity index (χ1v) is 5.12. The van der Waals surface area contributed by atoms with Crippen LogP contribution in [0.2, 0.25) is 0 Å². The first-order chi connectivity index (χ1) is 8.22. The van der Waals surface area contributed by atoms with Crippen LogP contribution in [0.3, 0.4) is 0 Å². The summed E-state index contributed by atoms with van der Waals surface area (Å²) in [4.78, 5) is 9.70. The highest BCUT2D eigenvalue weighted by molar-refractivity contribution is 5.58. The molecule has 0 saturated carbocycles. The lowest BCUT2D eigenvalue weighted by Gasteiger charge is -2.18. The molecule has 0 saturated heterocycles. The number of benzene rings is 1. The normalized spacial score (nSPS) is 10.3. The number of hydrogen-bond acceptors (Lipinski definition) is 4. The van der Waals surface area contributed by atoms with Gasteiger partial charge in [-0.05, 0) is 12.1 Å². The van der Waals surface area contributed by atoms with Crippen LogP contribution in [0.5, 0.6) is 0 Å². The maximum absolute atomic E-state index is 13.5. The molecule has 0 aliphatic heterocycles. The van der Waals surface area contributed by atoms with Gasteiger partial charge in [0.2, 0.25) is 0 Å². The molecule has 0 radical (unpaired) electrons. The van der Waals surface area contributed by atoms with Gasteiger partial charge in [0.1, 0.15) is 5.82 Å². The van der Waals surface area contributed by atoms with Crippen LogP contribution >= 0.6 is 0 Å². The van der Waals surface area contributed by atoms with Crippen molar-refractivity contribution in [3.8, 4) is 0 Å². The number of nitrogens with zero attached hydrogens (tertiary/aromatic N) is 3. The minimum atomic E-state index is -0.317. The fraction of sp³-hybridized carbons (Fsp3) is 0.167. The lowest BCUT2D eigenvalue weighted by Crippen LogP contribution is -2.13. The molecule has 0 amide bonds. The van der Waals surface area contributed by atoms with Crippen LogP contribution in [0, 0.1) is 5.82 Å². The van der Waals surface area contributed by atoms with E-state index in [4.69, 9.17) is 5.11 Å². The van der Waals surface area contributed by atoms with Gasteiger partial charge in [-0.3, -0.25) is 4.98 Å². The highest BCUT2D eigenvalue weighted by atomic mass is 19.1. The number of rotatable bonds is 3. The Bertz CT molecular complexity index is 501. The Morgan fingerprint density at radius 1 is 1.24 bits per heavy atom. The number of aliphatic hydroxyl groups is 1. The summed E-state index contributed by atoms with van der Waals surface area (Å²) in [6, 6.07) is 6.44. The summed E-state index contributed by atoms with van der Waals surface area (Å²) in [5.74, 6) is 0.204. The predicted molar refractivity (Wildman–Crippen MR) is 62.4 cm³/mol. The molecule has 4 nitrogen and oxygen atoms in total. The van der Waals surface area contributed by atoms with Crippen molar-refractivity contribution < 1.29 is 9.50 Å². The van der Waals surface area contributed by atoms with Gasteiger partial charge in [-0.25, -0.2) is 9.37 Å². The third-order valence-electron chi connectivity index (χ3n) is 2.41. The lowest BCUT2D eigenvalue weighted by molar-refractivity contribution is 0.276. The van der Waals surface area contributed by atoms with Crippen molar-refractivity contribution >= 4 is 11.5 Å². The summed E-state index contributed by atoms with van der Waals surface area (Å²) in [5, 5.41) is 8.85. The smallest absolute Gasteiger partial charge is 0.151 e. The van der Waals surface area contributed by atoms with E-state index in [0.29, 0.717) is 17.2 Å². The highest BCUT2D eigenvalue weighted by Crippen LogP contribution is 2.23. The van der Waals surface area contributed by atoms with Crippen molar-refractivity contribution in [2.45, 2.75) is 6.61 Å². The van der Waals surface area contributed by atoms with Crippen molar-refractivity contribution in [1.82, 2.24) is 9.97 Å². The molecular formula is C12H12FN3O. The fourth-order valence-electron chi connectivity index (χ4n) is 1.45. The second-order valence-electron chi connectivity index (χ2n) is 3.53. The van der Waals surface area contributed by atoms with Gasteiger partial charge >= 0.3 is 0 Å². The van der Waals surface area contributed by atoms with E-state index in [1.165, 1.54) is 18.5 Å². The van der Waals surface area contributed by atoms with E-state index in [1.54, 1.807) is 30.1 Å². The second-order valence-corrected chi connectivity index (χ2v) is 3.53. The summed E-state index contributed by atoms with van der Waals surface area (Å²) in [6.07, 6.45) is 2.96. The van der Waals surface area contributed by atoms with E-state index in [2.05, 4.69) is 9.97 Å². The van der Waals surface area contributed by atoms with Gasteiger partial charge in [-0.2, -0.15) is 0 Å². The molecule has 1 aromatic heterocycles. The Labute approximate surface area is 98.4 Å². The molecule has 1 heterocycles. The molecule has 0 unspecified atom stereocenters. The summed E-state index contributed by atoms with van der Waals surface area (Å²) < 4.78 is 13.5. The van der Waals surface area contributed by atoms with Crippen LogP contribution in [0.15, 0.2) is 36.7 Å². The van der Waals surface area contributed by atoms with E-state index in [-0.39, 0.29) is 12.4 Å². The average Bonchev–Trinajstić information content (AvgIpc) is 2.39. The molecule has 0 aliphatic rings. The zero-order valence-corrected chi connectivity index (χ0v) is 9.34. The van der Waals surface area contributed by atoms with Gasteiger partial charge < -0.3 is 10.0 Å². The molecule has 0 atom stereocenters. The molecular weight excluding hydrogens is 221 g/mol. The Kier molecular flexibility index (Phi) is 3.30. The highest BCUT2D eigenvalue weighted by Gasteiger charge is 2.09. The van der Waals surface area contributed by atoms with Gasteiger partial charge in [-0.15, -0.1) is 0 Å². The molecule has 0 fully saturated rings. The number of hydrogen-bond donors (Lipinski definition) is 1. The van der Waals surface area contributed by atoms with Crippen LogP contribution in [-0.4, -0.2) is 22.1 Å². The minimum Gasteiger partial charge on any atom is -0.390 e. The van der Waals surface area contributed by atoms with Gasteiger partial charge in [0.15, 0.2) is 5.82 Å². The molecule has 0 spiro atoms. The summed E-state index contributed by atoms with van der Waals surface area (Å²) in [7, 11) is 1.71. The van der Waals surface area contributed by atoms with E-state index in [0.717, 1.165) is 0 Å². The maximum Gasteiger partial charge on any atom is 0.151 e. The number of para-hydroxylation sites is 1. The molecule has 17 heavy (non-hydrogen) atoms. The molecule has 2 rings (SSSR count). The Morgan fingerprint density at radius 2 is 2.00 bits per heavy atom. The van der Waals surface area contributed by atoms with Crippen molar-refractivity contribution in [1.29, 1.82) is 0 Å². The molecule has 1 aromatic carbocycles. The quantitative estimate of drug-likeness (QED) is 0.879. The standard InChI is InChI=1S/C12H12FN3O/c1-16(11-5-3-2-4-10(11)13)12-7-14-9(8-17)6-15-12/h2-7,17H,8H2,1H3. The van der Waals surface area contributed by atoms with Crippen LogP contribution in [0.25, 0.3) is 0 Å². The van der Waals surface area contributed by atoms with E-state index >= 15 is 0 Å². The van der Waals surface area contributed by atoms with Gasteiger partial charge in [0, 0.05) is 7.05 Å². The first-order valence-electron chi connectivity index (χ1n) is 5.12. The Hall–Kier alpha value is -2.01. The van der Waals surface area contributed by atoms with Crippen LogP contribution < -0.4 is 4.90 Å². The van der Waals surface area contributed by atoms with Crippen LogP contribution in [0.4, 0.5) is 15.9 Å². The molecule has 2 aromatic rings. The number of halogens is 1. The third-order valence-corrected chi connectivity index (χ3v) is 2.41. The van der Waals surface area contributed by atoms with E-state index in [1.807, 2.05) is 0 Å². The van der Waals surface area contributed by atoms with Gasteiger partial charge in [-0.1, -0.05) is 12.1 Å². The zero-order chi connectivity index (χ0) is 12.3. The van der Waals surface area contributed by atoms with Gasteiger partial charge in [0.25, 0.3) is 0 Å². The third kappa shape index (κ3) is 2.39. The molecule has 88 valence electrons. The van der Waals surface area contributed by atoms with Crippen LogP contribution in [-0.2, 0) is 6.61 Å². The summed E-state index contributed by atoms with van der Waals surface area (Å²) in [5.41, 5.74) is 0.911. The fourth-order valence-corrected chi connectivity index (χ4v) is 1.45. The number of aromatic nitrogens is 2. The van der Waals surface area contributed by atoms with Crippen molar-refractivity contribution in [3.05, 3.63) is 48.2 Å². The minimum absolute atomic E-state index is 0.156. The van der Waals surface area contributed by atoms with Crippen molar-refractivity contribution in [3.63, 3.8) is 0 Å². The number of aliphatic hydroxyl groups excluding tert-OH is 1. The first kappa shape index (κ1) is 11.5. The maximum atomic E-state index is 13.5. The zero-order valence-electron chi connectivity index (χ0n) is 9.34. The summed E-state index contributed by atoms with van der Waals surface area (Å²) >= 11 is 0. The average molecular weight is 233 g/mol. The molecule has 0 bridgehead atoms.